The lowest BCUT2D eigenvalue weighted by atomic mass is 10.0. The second-order valence-electron chi connectivity index (χ2n) is 4.87. The summed E-state index contributed by atoms with van der Waals surface area (Å²) in [6.45, 7) is 1.95. The monoisotopic (exact) mass is 331 g/mol. The van der Waals surface area contributed by atoms with Crippen molar-refractivity contribution in [1.82, 2.24) is 0 Å². The molecule has 0 aliphatic heterocycles. The molecule has 0 bridgehead atoms. The van der Waals surface area contributed by atoms with Crippen molar-refractivity contribution in [2.45, 2.75) is 44.3 Å². The van der Waals surface area contributed by atoms with E-state index in [1.165, 1.54) is 0 Å². The highest BCUT2D eigenvalue weighted by Crippen LogP contribution is 2.26. The van der Waals surface area contributed by atoms with E-state index in [1.54, 1.807) is 6.07 Å². The third-order valence-electron chi connectivity index (χ3n) is 3.41. The Labute approximate surface area is 117 Å². The maximum atomic E-state index is 12.2. The number of hydrogen-bond acceptors (Lipinski definition) is 2. The minimum absolute atomic E-state index is 0.227. The van der Waals surface area contributed by atoms with Crippen LogP contribution >= 0.6 is 15.9 Å². The average molecular weight is 332 g/mol. The molecule has 3 nitrogen and oxygen atoms in total. The summed E-state index contributed by atoms with van der Waals surface area (Å²) in [6, 6.07) is 5.51. The molecule has 100 valence electrons. The lowest BCUT2D eigenvalue weighted by molar-refractivity contribution is 0.486. The van der Waals surface area contributed by atoms with Gasteiger partial charge in [-0.15, -0.1) is 0 Å². The van der Waals surface area contributed by atoms with Crippen molar-refractivity contribution in [3.8, 4) is 0 Å². The van der Waals surface area contributed by atoms with Crippen molar-refractivity contribution >= 4 is 31.6 Å². The first-order valence-corrected chi connectivity index (χ1v) is 8.61. The fourth-order valence-electron chi connectivity index (χ4n) is 2.33. The van der Waals surface area contributed by atoms with Crippen molar-refractivity contribution in [1.29, 1.82) is 0 Å². The summed E-state index contributed by atoms with van der Waals surface area (Å²) in [7, 11) is -3.23. The van der Waals surface area contributed by atoms with Crippen molar-refractivity contribution in [3.63, 3.8) is 0 Å². The summed E-state index contributed by atoms with van der Waals surface area (Å²) in [5.74, 6) is 0. The van der Waals surface area contributed by atoms with Crippen molar-refractivity contribution in [3.05, 3.63) is 28.2 Å². The smallest absolute Gasteiger partial charge is 0.235 e. The molecular formula is C13H18BrNO2S. The van der Waals surface area contributed by atoms with Crippen LogP contribution in [0, 0.1) is 6.92 Å². The highest BCUT2D eigenvalue weighted by molar-refractivity contribution is 9.10. The first-order valence-electron chi connectivity index (χ1n) is 6.27. The Bertz CT molecular complexity index is 522. The molecule has 18 heavy (non-hydrogen) atoms. The predicted molar refractivity (Wildman–Crippen MR) is 78.3 cm³/mol. The predicted octanol–water partition coefficient (Wildman–Crippen LogP) is 3.83. The van der Waals surface area contributed by atoms with Gasteiger partial charge in [0, 0.05) is 10.2 Å². The number of anilines is 1. The van der Waals surface area contributed by atoms with E-state index in [4.69, 9.17) is 0 Å². The van der Waals surface area contributed by atoms with Gasteiger partial charge in [-0.3, -0.25) is 4.72 Å². The highest BCUT2D eigenvalue weighted by Gasteiger charge is 2.27. The zero-order chi connectivity index (χ0) is 13.2. The van der Waals surface area contributed by atoms with Gasteiger partial charge in [0.25, 0.3) is 0 Å². The third kappa shape index (κ3) is 3.26. The van der Waals surface area contributed by atoms with Gasteiger partial charge in [0.05, 0.1) is 5.25 Å². The number of aryl methyl sites for hydroxylation is 1. The zero-order valence-corrected chi connectivity index (χ0v) is 12.9. The van der Waals surface area contributed by atoms with Crippen LogP contribution in [0.25, 0.3) is 0 Å². The Hall–Kier alpha value is -0.550. The summed E-state index contributed by atoms with van der Waals surface area (Å²) >= 11 is 3.41. The summed E-state index contributed by atoms with van der Waals surface area (Å²) in [4.78, 5) is 0. The summed E-state index contributed by atoms with van der Waals surface area (Å²) in [5, 5.41) is -0.227. The lowest BCUT2D eigenvalue weighted by Gasteiger charge is -2.22. The van der Waals surface area contributed by atoms with Crippen LogP contribution in [0.4, 0.5) is 5.69 Å². The molecule has 0 amide bonds. The second kappa shape index (κ2) is 5.61. The number of benzene rings is 1. The van der Waals surface area contributed by atoms with Crippen molar-refractivity contribution in [2.75, 3.05) is 4.72 Å². The summed E-state index contributed by atoms with van der Waals surface area (Å²) < 4.78 is 28.2. The van der Waals surface area contributed by atoms with E-state index < -0.39 is 10.0 Å². The fourth-order valence-corrected chi connectivity index (χ4v) is 4.15. The topological polar surface area (TPSA) is 46.2 Å². The molecule has 0 saturated heterocycles. The van der Waals surface area contributed by atoms with E-state index in [1.807, 2.05) is 19.1 Å². The van der Waals surface area contributed by atoms with Crippen molar-refractivity contribution in [2.24, 2.45) is 0 Å². The van der Waals surface area contributed by atoms with Gasteiger partial charge in [-0.25, -0.2) is 8.42 Å². The third-order valence-corrected chi connectivity index (χ3v) is 6.17. The molecule has 1 aliphatic rings. The first kappa shape index (κ1) is 13.9. The maximum absolute atomic E-state index is 12.2. The molecular weight excluding hydrogens is 314 g/mol. The molecule has 5 heteroatoms. The standard InChI is InChI=1S/C13H18BrNO2S/c1-10-9-11(7-8-13(10)14)15-18(16,17)12-5-3-2-4-6-12/h7-9,12,15H,2-6H2,1H3. The molecule has 0 aromatic heterocycles. The lowest BCUT2D eigenvalue weighted by Crippen LogP contribution is -2.29. The summed E-state index contributed by atoms with van der Waals surface area (Å²) in [5.41, 5.74) is 1.68. The Balaban J connectivity index is 2.13. The normalized spacial score (nSPS) is 17.7. The molecule has 0 unspecified atom stereocenters. The van der Waals surface area contributed by atoms with Gasteiger partial charge >= 0.3 is 0 Å². The number of nitrogens with one attached hydrogen (secondary N) is 1. The van der Waals surface area contributed by atoms with E-state index in [0.29, 0.717) is 5.69 Å². The van der Waals surface area contributed by atoms with Crippen LogP contribution in [-0.4, -0.2) is 13.7 Å². The second-order valence-corrected chi connectivity index (χ2v) is 7.69. The molecule has 1 aromatic rings. The van der Waals surface area contributed by atoms with E-state index in [0.717, 1.165) is 42.1 Å². The highest BCUT2D eigenvalue weighted by atomic mass is 79.9. The Morgan fingerprint density at radius 1 is 1.22 bits per heavy atom. The summed E-state index contributed by atoms with van der Waals surface area (Å²) in [6.07, 6.45) is 4.76. The van der Waals surface area contributed by atoms with E-state index in [9.17, 15) is 8.42 Å². The Kier molecular flexibility index (Phi) is 4.33. The van der Waals surface area contributed by atoms with Crippen LogP contribution < -0.4 is 4.72 Å². The van der Waals surface area contributed by atoms with Crippen LogP contribution in [0.2, 0.25) is 0 Å². The van der Waals surface area contributed by atoms with Crippen molar-refractivity contribution < 1.29 is 8.42 Å². The number of halogens is 1. The molecule has 2 rings (SSSR count). The largest absolute Gasteiger partial charge is 0.283 e. The first-order chi connectivity index (χ1) is 8.49. The van der Waals surface area contributed by atoms with Gasteiger partial charge in [-0.05, 0) is 43.5 Å². The van der Waals surface area contributed by atoms with Gasteiger partial charge in [-0.2, -0.15) is 0 Å². The maximum Gasteiger partial charge on any atom is 0.235 e. The van der Waals surface area contributed by atoms with Crippen LogP contribution in [0.1, 0.15) is 37.7 Å². The molecule has 1 fully saturated rings. The van der Waals surface area contributed by atoms with Gasteiger partial charge in [-0.1, -0.05) is 35.2 Å². The van der Waals surface area contributed by atoms with Crippen LogP contribution in [-0.2, 0) is 10.0 Å². The SMILES string of the molecule is Cc1cc(NS(=O)(=O)C2CCCCC2)ccc1Br. The average Bonchev–Trinajstić information content (AvgIpc) is 2.35. The molecule has 0 radical (unpaired) electrons. The molecule has 0 heterocycles. The van der Waals surface area contributed by atoms with Crippen LogP contribution in [0.15, 0.2) is 22.7 Å². The molecule has 1 aromatic carbocycles. The minimum Gasteiger partial charge on any atom is -0.283 e. The van der Waals surface area contributed by atoms with Gasteiger partial charge in [0.15, 0.2) is 0 Å². The molecule has 1 saturated carbocycles. The van der Waals surface area contributed by atoms with Crippen LogP contribution in [0.3, 0.4) is 0 Å². The van der Waals surface area contributed by atoms with E-state index in [2.05, 4.69) is 20.7 Å². The van der Waals surface area contributed by atoms with Gasteiger partial charge < -0.3 is 0 Å². The van der Waals surface area contributed by atoms with E-state index in [-0.39, 0.29) is 5.25 Å². The number of sulfonamides is 1. The number of hydrogen-bond donors (Lipinski definition) is 1. The number of rotatable bonds is 3. The quantitative estimate of drug-likeness (QED) is 0.914. The van der Waals surface area contributed by atoms with Gasteiger partial charge in [0.2, 0.25) is 10.0 Å². The minimum atomic E-state index is -3.23. The molecule has 0 atom stereocenters. The van der Waals surface area contributed by atoms with Crippen LogP contribution in [0.5, 0.6) is 0 Å². The fraction of sp³-hybridized carbons (Fsp3) is 0.538. The molecule has 0 spiro atoms. The van der Waals surface area contributed by atoms with Gasteiger partial charge in [0.1, 0.15) is 0 Å². The zero-order valence-electron chi connectivity index (χ0n) is 10.4. The Morgan fingerprint density at radius 3 is 2.50 bits per heavy atom. The Morgan fingerprint density at radius 2 is 1.89 bits per heavy atom. The molecule has 1 N–H and O–H groups in total. The molecule has 1 aliphatic carbocycles. The van der Waals surface area contributed by atoms with E-state index >= 15 is 0 Å².